The van der Waals surface area contributed by atoms with Crippen LogP contribution in [0, 0.1) is 5.41 Å². The maximum absolute atomic E-state index is 11.8. The van der Waals surface area contributed by atoms with Gasteiger partial charge in [-0.15, -0.1) is 0 Å². The van der Waals surface area contributed by atoms with Crippen LogP contribution in [-0.2, 0) is 14.8 Å². The second kappa shape index (κ2) is 6.93. The van der Waals surface area contributed by atoms with Crippen molar-refractivity contribution in [1.29, 1.82) is 5.41 Å². The maximum atomic E-state index is 11.8. The fourth-order valence-electron chi connectivity index (χ4n) is 1.57. The molecule has 0 saturated carbocycles. The average Bonchev–Trinajstić information content (AvgIpc) is 2.26. The second-order valence-corrected chi connectivity index (χ2v) is 5.81. The molecule has 0 aromatic heterocycles. The Morgan fingerprint density at radius 2 is 1.94 bits per heavy atom. The minimum Gasteiger partial charge on any atom is -0.386 e. The Bertz CT molecular complexity index is 337. The van der Waals surface area contributed by atoms with E-state index in [1.807, 2.05) is 13.8 Å². The van der Waals surface area contributed by atoms with Crippen LogP contribution in [0.25, 0.3) is 0 Å². The standard InChI is InChI=1S/C10H23N3O3S/c1-4-10(5-2,9(11)12)13-17(14,15)8-6-7-16-3/h13H,4-8H2,1-3H3,(H3,11,12). The molecule has 0 aromatic rings. The molecule has 0 fully saturated rings. The third-order valence-electron chi connectivity index (χ3n) is 2.84. The molecule has 0 heterocycles. The summed E-state index contributed by atoms with van der Waals surface area (Å²) in [4.78, 5) is 0. The molecule has 0 saturated heterocycles. The predicted octanol–water partition coefficient (Wildman–Crippen LogP) is 0.437. The van der Waals surface area contributed by atoms with Gasteiger partial charge in [-0.1, -0.05) is 13.8 Å². The first-order valence-corrected chi connectivity index (χ1v) is 7.34. The summed E-state index contributed by atoms with van der Waals surface area (Å²) in [6, 6.07) is 0. The highest BCUT2D eigenvalue weighted by Gasteiger charge is 2.34. The molecule has 0 unspecified atom stereocenters. The Labute approximate surface area is 103 Å². The molecule has 102 valence electrons. The Hall–Kier alpha value is -0.660. The van der Waals surface area contributed by atoms with Gasteiger partial charge in [-0.2, -0.15) is 0 Å². The van der Waals surface area contributed by atoms with Gasteiger partial charge < -0.3 is 10.5 Å². The van der Waals surface area contributed by atoms with Crippen LogP contribution in [0.15, 0.2) is 0 Å². The van der Waals surface area contributed by atoms with Gasteiger partial charge in [0.1, 0.15) is 5.84 Å². The van der Waals surface area contributed by atoms with Crippen LogP contribution < -0.4 is 10.5 Å². The van der Waals surface area contributed by atoms with E-state index >= 15 is 0 Å². The average molecular weight is 265 g/mol. The van der Waals surface area contributed by atoms with Gasteiger partial charge in [0, 0.05) is 13.7 Å². The largest absolute Gasteiger partial charge is 0.386 e. The number of ether oxygens (including phenoxy) is 1. The third kappa shape index (κ3) is 5.01. The summed E-state index contributed by atoms with van der Waals surface area (Å²) < 4.78 is 31.0. The van der Waals surface area contributed by atoms with E-state index < -0.39 is 15.6 Å². The molecule has 0 aliphatic heterocycles. The van der Waals surface area contributed by atoms with Gasteiger partial charge in [-0.25, -0.2) is 13.1 Å². The van der Waals surface area contributed by atoms with E-state index in [1.54, 1.807) is 0 Å². The maximum Gasteiger partial charge on any atom is 0.212 e. The lowest BCUT2D eigenvalue weighted by molar-refractivity contribution is 0.199. The van der Waals surface area contributed by atoms with Crippen molar-refractivity contribution in [3.05, 3.63) is 0 Å². The molecule has 0 spiro atoms. The zero-order valence-corrected chi connectivity index (χ0v) is 11.6. The summed E-state index contributed by atoms with van der Waals surface area (Å²) in [5.74, 6) is -0.159. The quantitative estimate of drug-likeness (QED) is 0.319. The molecule has 0 aliphatic rings. The molecule has 0 aliphatic carbocycles. The van der Waals surface area contributed by atoms with Gasteiger partial charge in [-0.05, 0) is 19.3 Å². The highest BCUT2D eigenvalue weighted by Crippen LogP contribution is 2.16. The van der Waals surface area contributed by atoms with Crippen LogP contribution in [0.3, 0.4) is 0 Å². The molecule has 0 bridgehead atoms. The van der Waals surface area contributed by atoms with E-state index in [1.165, 1.54) is 7.11 Å². The van der Waals surface area contributed by atoms with Crippen molar-refractivity contribution in [1.82, 2.24) is 4.72 Å². The lowest BCUT2D eigenvalue weighted by Gasteiger charge is -2.31. The Kier molecular flexibility index (Phi) is 6.66. The lowest BCUT2D eigenvalue weighted by atomic mass is 9.93. The Morgan fingerprint density at radius 3 is 2.29 bits per heavy atom. The van der Waals surface area contributed by atoms with Crippen LogP contribution in [0.4, 0.5) is 0 Å². The minimum absolute atomic E-state index is 0.0180. The zero-order valence-electron chi connectivity index (χ0n) is 10.7. The number of methoxy groups -OCH3 is 1. The Morgan fingerprint density at radius 1 is 1.41 bits per heavy atom. The van der Waals surface area contributed by atoms with Crippen LogP contribution in [0.2, 0.25) is 0 Å². The number of amidine groups is 1. The number of hydrogen-bond donors (Lipinski definition) is 3. The number of nitrogens with one attached hydrogen (secondary N) is 2. The van der Waals surface area contributed by atoms with Gasteiger partial charge in [0.15, 0.2) is 0 Å². The van der Waals surface area contributed by atoms with E-state index in [-0.39, 0.29) is 11.6 Å². The number of hydrogen-bond acceptors (Lipinski definition) is 4. The first-order chi connectivity index (χ1) is 7.83. The number of nitrogens with two attached hydrogens (primary N) is 1. The van der Waals surface area contributed by atoms with Crippen molar-refractivity contribution in [2.24, 2.45) is 5.73 Å². The predicted molar refractivity (Wildman–Crippen MR) is 68.6 cm³/mol. The van der Waals surface area contributed by atoms with Crippen molar-refractivity contribution in [3.63, 3.8) is 0 Å². The molecule has 0 rings (SSSR count). The SMILES string of the molecule is CCC(CC)(NS(=O)(=O)CCCOC)C(=N)N. The molecule has 7 heteroatoms. The topological polar surface area (TPSA) is 105 Å². The zero-order chi connectivity index (χ0) is 13.5. The van der Waals surface area contributed by atoms with Crippen LogP contribution in [0.1, 0.15) is 33.1 Å². The fraction of sp³-hybridized carbons (Fsp3) is 0.900. The van der Waals surface area contributed by atoms with Gasteiger partial charge in [0.25, 0.3) is 0 Å². The minimum atomic E-state index is -3.43. The van der Waals surface area contributed by atoms with Crippen molar-refractivity contribution < 1.29 is 13.2 Å². The van der Waals surface area contributed by atoms with E-state index in [0.717, 1.165) is 0 Å². The molecular weight excluding hydrogens is 242 g/mol. The van der Waals surface area contributed by atoms with Gasteiger partial charge in [0.2, 0.25) is 10.0 Å². The van der Waals surface area contributed by atoms with Gasteiger partial charge >= 0.3 is 0 Å². The van der Waals surface area contributed by atoms with Crippen molar-refractivity contribution in [3.8, 4) is 0 Å². The molecule has 0 aromatic carbocycles. The lowest BCUT2D eigenvalue weighted by Crippen LogP contribution is -2.56. The van der Waals surface area contributed by atoms with Crippen LogP contribution in [0.5, 0.6) is 0 Å². The van der Waals surface area contributed by atoms with E-state index in [4.69, 9.17) is 15.9 Å². The van der Waals surface area contributed by atoms with Crippen molar-refractivity contribution in [2.75, 3.05) is 19.5 Å². The molecule has 0 amide bonds. The summed E-state index contributed by atoms with van der Waals surface area (Å²) in [7, 11) is -1.91. The summed E-state index contributed by atoms with van der Waals surface area (Å²) >= 11 is 0. The monoisotopic (exact) mass is 265 g/mol. The van der Waals surface area contributed by atoms with Crippen molar-refractivity contribution >= 4 is 15.9 Å². The van der Waals surface area contributed by atoms with E-state index in [2.05, 4.69) is 4.72 Å². The second-order valence-electron chi connectivity index (χ2n) is 3.97. The van der Waals surface area contributed by atoms with Crippen LogP contribution >= 0.6 is 0 Å². The molecule has 4 N–H and O–H groups in total. The number of rotatable bonds is 9. The van der Waals surface area contributed by atoms with Crippen molar-refractivity contribution in [2.45, 2.75) is 38.6 Å². The molecular formula is C10H23N3O3S. The number of sulfonamides is 1. The molecule has 0 radical (unpaired) electrons. The van der Waals surface area contributed by atoms with Crippen LogP contribution in [-0.4, -0.2) is 39.3 Å². The normalized spacial score (nSPS) is 12.6. The summed E-state index contributed by atoms with van der Waals surface area (Å²) in [6.45, 7) is 4.01. The highest BCUT2D eigenvalue weighted by molar-refractivity contribution is 7.89. The first kappa shape index (κ1) is 16.3. The van der Waals surface area contributed by atoms with Gasteiger partial charge in [-0.3, -0.25) is 5.41 Å². The molecule has 0 atom stereocenters. The first-order valence-electron chi connectivity index (χ1n) is 5.68. The summed E-state index contributed by atoms with van der Waals surface area (Å²) in [6.07, 6.45) is 1.35. The van der Waals surface area contributed by atoms with E-state index in [0.29, 0.717) is 25.9 Å². The Balaban J connectivity index is 4.70. The fourth-order valence-corrected chi connectivity index (χ4v) is 3.17. The van der Waals surface area contributed by atoms with E-state index in [9.17, 15) is 8.42 Å². The highest BCUT2D eigenvalue weighted by atomic mass is 32.2. The summed E-state index contributed by atoms with van der Waals surface area (Å²) in [5.41, 5.74) is 4.53. The molecule has 6 nitrogen and oxygen atoms in total. The summed E-state index contributed by atoms with van der Waals surface area (Å²) in [5, 5.41) is 7.52. The third-order valence-corrected chi connectivity index (χ3v) is 4.36. The smallest absolute Gasteiger partial charge is 0.212 e. The van der Waals surface area contributed by atoms with Gasteiger partial charge in [0.05, 0.1) is 11.3 Å². The molecule has 17 heavy (non-hydrogen) atoms.